The van der Waals surface area contributed by atoms with Crippen LogP contribution in [0.1, 0.15) is 0 Å². The second kappa shape index (κ2) is 27.0. The first-order valence-corrected chi connectivity index (χ1v) is 27.7. The molecule has 0 spiro atoms. The molecular formula is C36H59N3O40S3. The van der Waals surface area contributed by atoms with Gasteiger partial charge in [-0.1, -0.05) is 0 Å². The molecule has 476 valence electrons. The van der Waals surface area contributed by atoms with E-state index in [4.69, 9.17) is 52.1 Å². The Balaban J connectivity index is 1.21. The Hall–Kier alpha value is -2.98. The number of aliphatic hydroxyl groups excluding tert-OH is 14. The minimum atomic E-state index is -5.63. The summed E-state index contributed by atoms with van der Waals surface area (Å²) in [5, 5.41) is 180. The summed E-state index contributed by atoms with van der Waals surface area (Å²) in [4.78, 5) is 37.2. The minimum absolute atomic E-state index is 1.11. The van der Waals surface area contributed by atoms with Gasteiger partial charge in [0, 0.05) is 0 Å². The lowest BCUT2D eigenvalue weighted by Gasteiger charge is -2.50. The molecule has 0 unspecified atom stereocenters. The van der Waals surface area contributed by atoms with Gasteiger partial charge in [0.25, 0.3) is 0 Å². The predicted octanol–water partition coefficient (Wildman–Crippen LogP) is -15.6. The number of ether oxygens (including phenoxy) is 11. The summed E-state index contributed by atoms with van der Waals surface area (Å²) >= 11 is 0. The van der Waals surface area contributed by atoms with Gasteiger partial charge in [0.05, 0.1) is 19.8 Å². The molecule has 6 heterocycles. The van der Waals surface area contributed by atoms with Crippen molar-refractivity contribution in [3.63, 3.8) is 0 Å². The Labute approximate surface area is 458 Å². The predicted molar refractivity (Wildman–Crippen MR) is 238 cm³/mol. The molecule has 0 aliphatic carbocycles. The van der Waals surface area contributed by atoms with Crippen LogP contribution in [0.3, 0.4) is 0 Å². The Morgan fingerprint density at radius 2 is 0.622 bits per heavy atom. The molecule has 82 heavy (non-hydrogen) atoms. The Morgan fingerprint density at radius 3 is 0.927 bits per heavy atom. The van der Waals surface area contributed by atoms with E-state index in [1.54, 1.807) is 0 Å². The number of rotatable bonds is 22. The van der Waals surface area contributed by atoms with Crippen LogP contribution in [-0.2, 0) is 97.4 Å². The Bertz CT molecular complexity index is 2540. The molecule has 0 radical (unpaired) electrons. The highest BCUT2D eigenvalue weighted by Crippen LogP contribution is 2.37. The molecule has 6 fully saturated rings. The van der Waals surface area contributed by atoms with Crippen molar-refractivity contribution < 1.29 is 192 Å². The fourth-order valence-electron chi connectivity index (χ4n) is 9.37. The maximum Gasteiger partial charge on any atom is 0.335 e. The monoisotopic (exact) mass is 1270 g/mol. The number of carboxylic acids is 3. The lowest BCUT2D eigenvalue weighted by molar-refractivity contribution is -0.378. The summed E-state index contributed by atoms with van der Waals surface area (Å²) in [6.07, 6.45) is -65.6. The molecule has 46 heteroatoms. The third-order valence-corrected chi connectivity index (χ3v) is 15.0. The summed E-state index contributed by atoms with van der Waals surface area (Å²) < 4.78 is 164. The van der Waals surface area contributed by atoms with E-state index < -0.39 is 253 Å². The van der Waals surface area contributed by atoms with E-state index in [-0.39, 0.29) is 0 Å². The van der Waals surface area contributed by atoms with Crippen LogP contribution >= 0.6 is 0 Å². The number of carbonyl (C=O) groups is 3. The van der Waals surface area contributed by atoms with Crippen LogP contribution in [-0.4, -0.2) is 348 Å². The lowest BCUT2D eigenvalue weighted by atomic mass is 9.94. The Kier molecular flexibility index (Phi) is 22.4. The third-order valence-electron chi connectivity index (χ3n) is 13.3. The van der Waals surface area contributed by atoms with Gasteiger partial charge in [-0.15, -0.1) is 0 Å². The number of nitrogens with one attached hydrogen (secondary N) is 3. The molecule has 6 saturated heterocycles. The summed E-state index contributed by atoms with van der Waals surface area (Å²) in [7, 11) is -16.5. The maximum absolute atomic E-state index is 12.7. The van der Waals surface area contributed by atoms with Crippen LogP contribution in [0.25, 0.3) is 0 Å². The highest BCUT2D eigenvalue weighted by atomic mass is 32.2. The van der Waals surface area contributed by atoms with Crippen molar-refractivity contribution in [2.45, 2.75) is 184 Å². The van der Waals surface area contributed by atoms with Crippen molar-refractivity contribution in [3.05, 3.63) is 0 Å². The maximum atomic E-state index is 12.7. The average molecular weight is 1270 g/mol. The summed E-state index contributed by atoms with van der Waals surface area (Å²) in [5.41, 5.74) is 0. The van der Waals surface area contributed by atoms with Crippen molar-refractivity contribution in [3.8, 4) is 0 Å². The molecule has 0 bridgehead atoms. The molecule has 6 aliphatic heterocycles. The van der Waals surface area contributed by atoms with Gasteiger partial charge in [0.15, 0.2) is 56.1 Å². The first-order valence-electron chi connectivity index (χ1n) is 23.4. The quantitative estimate of drug-likeness (QED) is 0.0448. The van der Waals surface area contributed by atoms with Crippen molar-refractivity contribution in [1.29, 1.82) is 0 Å². The standard InChI is InChI=1S/C36H59N3O40S3/c40-1-4-10(43)11(44)7(37-80(60,61)62)32(69-4)76-23-15(48)18(51)35(78-26(23)29(55)56)74-21-6(3-42)71-34(9(13(21)46)39-82(66,67)68)77-24-16(49)19(52)36(79-27(24)30(57)58)73-20-5(2-41)70-33(8(12(20)45)38-81(63,64)65)75-22-14(47)17(50)31(59)72-25(22)28(53)54/h4-27,31-52,59H,1-3H2,(H,53,54)(H,55,56)(H,57,58)(H,60,61,62)(H,63,64,65)(H,66,67,68)/t4-,5-,6-,7-,8-,9-,10-,11-,12-,13-,14-,15-,16-,17-,18-,19-,20-,21-,22+,23+,24+,25+,26+,27+,31-,32-,33-,34-,35-,36-/m1/s1. The van der Waals surface area contributed by atoms with Crippen molar-refractivity contribution in [2.75, 3.05) is 19.8 Å². The fraction of sp³-hybridized carbons (Fsp3) is 0.917. The molecule has 0 aromatic carbocycles. The van der Waals surface area contributed by atoms with Crippen molar-refractivity contribution in [2.24, 2.45) is 0 Å². The number of hydrogen-bond acceptors (Lipinski definition) is 34. The number of carboxylic acid groups (broad SMARTS) is 3. The fourth-order valence-corrected chi connectivity index (χ4v) is 11.2. The van der Waals surface area contributed by atoms with Crippen LogP contribution in [0, 0.1) is 0 Å². The van der Waals surface area contributed by atoms with Gasteiger partial charge >= 0.3 is 48.8 Å². The van der Waals surface area contributed by atoms with E-state index in [1.165, 1.54) is 14.2 Å². The molecular weight excluding hydrogens is 1210 g/mol. The number of hydrogen-bond donors (Lipinski definition) is 23. The number of aliphatic hydroxyl groups is 14. The van der Waals surface area contributed by atoms with E-state index in [0.29, 0.717) is 0 Å². The summed E-state index contributed by atoms with van der Waals surface area (Å²) in [5.74, 6) is -6.24. The topological polar surface area (TPSA) is 696 Å². The van der Waals surface area contributed by atoms with Gasteiger partial charge in [-0.3, -0.25) is 13.7 Å². The second-order valence-corrected chi connectivity index (χ2v) is 22.3. The van der Waals surface area contributed by atoms with E-state index in [0.717, 1.165) is 0 Å². The molecule has 30 atom stereocenters. The van der Waals surface area contributed by atoms with Gasteiger partial charge in [0.1, 0.15) is 128 Å². The van der Waals surface area contributed by atoms with Gasteiger partial charge in [-0.05, 0) is 0 Å². The second-order valence-electron chi connectivity index (χ2n) is 18.8. The first-order chi connectivity index (χ1) is 37.9. The highest BCUT2D eigenvalue weighted by molar-refractivity contribution is 7.84. The minimum Gasteiger partial charge on any atom is -0.479 e. The van der Waals surface area contributed by atoms with Crippen LogP contribution in [0.2, 0.25) is 0 Å². The van der Waals surface area contributed by atoms with Crippen molar-refractivity contribution in [1.82, 2.24) is 14.2 Å². The molecule has 6 rings (SSSR count). The zero-order valence-electron chi connectivity index (χ0n) is 40.8. The smallest absolute Gasteiger partial charge is 0.335 e. The molecule has 6 aliphatic rings. The van der Waals surface area contributed by atoms with E-state index in [1.807, 2.05) is 0 Å². The molecule has 0 aromatic heterocycles. The molecule has 0 saturated carbocycles. The zero-order valence-corrected chi connectivity index (χ0v) is 43.2. The van der Waals surface area contributed by atoms with Gasteiger partial charge in [-0.2, -0.15) is 39.4 Å². The largest absolute Gasteiger partial charge is 0.479 e. The van der Waals surface area contributed by atoms with E-state index in [9.17, 15) is 140 Å². The SMILES string of the molecule is O=C(O)[C@H]1O[C@@H](O)[C@H](O)[C@@H](O)[C@@H]1O[C@H]1O[C@H](CO)[C@@H](O[C@@H]2O[C@H](C(=O)O)[C@@H](O[C@H]3O[C@H](CO)[C@@H](O[C@@H]4O[C@H](C(=O)O)[C@@H](O[C@H]5O[C@H](CO)[C@@H](O)[C@H](O)[C@H]5NS(=O)(=O)O)[C@H](O)[C@H]4O)[C@H](O)[C@H]3NS(=O)(=O)O)[C@H](O)[C@H]2O)[C@H](O)[C@H]1NS(=O)(=O)O. The zero-order chi connectivity index (χ0) is 61.6. The van der Waals surface area contributed by atoms with E-state index >= 15 is 0 Å². The molecule has 0 aromatic rings. The van der Waals surface area contributed by atoms with Crippen LogP contribution in [0.15, 0.2) is 0 Å². The highest BCUT2D eigenvalue weighted by Gasteiger charge is 2.60. The lowest BCUT2D eigenvalue weighted by Crippen LogP contribution is -2.71. The van der Waals surface area contributed by atoms with Crippen LogP contribution in [0.4, 0.5) is 0 Å². The van der Waals surface area contributed by atoms with Crippen LogP contribution in [0.5, 0.6) is 0 Å². The van der Waals surface area contributed by atoms with E-state index in [2.05, 4.69) is 0 Å². The number of aliphatic carboxylic acids is 3. The normalized spacial score (nSPS) is 46.2. The average Bonchev–Trinajstić information content (AvgIpc) is 3.56. The third kappa shape index (κ3) is 15.4. The summed E-state index contributed by atoms with van der Waals surface area (Å²) in [6, 6.07) is -7.28. The molecule has 0 amide bonds. The summed E-state index contributed by atoms with van der Waals surface area (Å²) in [6.45, 7) is -3.85. The van der Waals surface area contributed by atoms with Gasteiger partial charge in [0.2, 0.25) is 0 Å². The van der Waals surface area contributed by atoms with Gasteiger partial charge in [-0.25, -0.2) is 14.4 Å². The first kappa shape index (κ1) is 68.1. The van der Waals surface area contributed by atoms with Gasteiger partial charge < -0.3 is 139 Å². The molecule has 23 N–H and O–H groups in total. The molecule has 43 nitrogen and oxygen atoms in total. The Morgan fingerprint density at radius 1 is 0.341 bits per heavy atom. The van der Waals surface area contributed by atoms with Crippen LogP contribution < -0.4 is 14.2 Å². The van der Waals surface area contributed by atoms with Crippen molar-refractivity contribution >= 4 is 48.8 Å².